The second kappa shape index (κ2) is 6.12. The van der Waals surface area contributed by atoms with E-state index in [4.69, 9.17) is 11.6 Å². The maximum Gasteiger partial charge on any atom is 0.321 e. The molecule has 1 unspecified atom stereocenters. The van der Waals surface area contributed by atoms with Crippen molar-refractivity contribution in [2.75, 3.05) is 5.88 Å². The first-order chi connectivity index (χ1) is 7.61. The highest BCUT2D eigenvalue weighted by Gasteiger charge is 2.10. The molecule has 0 aliphatic carbocycles. The molecule has 7 heteroatoms. The number of nitrogens with zero attached hydrogens (tertiary/aromatic N) is 2. The SMILES string of the molecule is CC(Cn1cccn1)NC(=O)NC(=O)CCl. The first-order valence-electron chi connectivity index (χ1n) is 4.75. The number of alkyl halides is 1. The van der Waals surface area contributed by atoms with E-state index >= 15 is 0 Å². The predicted octanol–water partition coefficient (Wildman–Crippen LogP) is 0.336. The van der Waals surface area contributed by atoms with Crippen LogP contribution in [0.3, 0.4) is 0 Å². The summed E-state index contributed by atoms with van der Waals surface area (Å²) in [6.07, 6.45) is 3.45. The number of rotatable bonds is 4. The Morgan fingerprint density at radius 2 is 2.31 bits per heavy atom. The molecule has 2 N–H and O–H groups in total. The van der Waals surface area contributed by atoms with E-state index in [2.05, 4.69) is 15.7 Å². The highest BCUT2D eigenvalue weighted by atomic mass is 35.5. The first kappa shape index (κ1) is 12.5. The Balaban J connectivity index is 2.31. The minimum absolute atomic E-state index is 0.136. The van der Waals surface area contributed by atoms with Gasteiger partial charge in [0, 0.05) is 18.4 Å². The van der Waals surface area contributed by atoms with E-state index in [0.29, 0.717) is 6.54 Å². The Morgan fingerprint density at radius 3 is 2.88 bits per heavy atom. The van der Waals surface area contributed by atoms with E-state index in [9.17, 15) is 9.59 Å². The highest BCUT2D eigenvalue weighted by Crippen LogP contribution is 1.90. The van der Waals surface area contributed by atoms with Crippen LogP contribution in [0, 0.1) is 0 Å². The van der Waals surface area contributed by atoms with Gasteiger partial charge in [0.25, 0.3) is 0 Å². The van der Waals surface area contributed by atoms with Gasteiger partial charge in [-0.05, 0) is 13.0 Å². The molecule has 0 aromatic carbocycles. The minimum Gasteiger partial charge on any atom is -0.333 e. The maximum atomic E-state index is 11.2. The molecule has 0 aliphatic heterocycles. The largest absolute Gasteiger partial charge is 0.333 e. The fraction of sp³-hybridized carbons (Fsp3) is 0.444. The van der Waals surface area contributed by atoms with Crippen LogP contribution in [0.4, 0.5) is 4.79 Å². The summed E-state index contributed by atoms with van der Waals surface area (Å²) in [4.78, 5) is 22.0. The molecule has 1 heterocycles. The van der Waals surface area contributed by atoms with Gasteiger partial charge in [-0.15, -0.1) is 11.6 Å². The monoisotopic (exact) mass is 244 g/mol. The molecule has 1 aromatic rings. The second-order valence-corrected chi connectivity index (χ2v) is 3.55. The van der Waals surface area contributed by atoms with E-state index in [1.807, 2.05) is 6.92 Å². The van der Waals surface area contributed by atoms with Crippen LogP contribution in [-0.4, -0.2) is 33.6 Å². The zero-order valence-electron chi connectivity index (χ0n) is 8.81. The van der Waals surface area contributed by atoms with Gasteiger partial charge in [-0.25, -0.2) is 4.79 Å². The van der Waals surface area contributed by atoms with Gasteiger partial charge < -0.3 is 5.32 Å². The summed E-state index contributed by atoms with van der Waals surface area (Å²) >= 11 is 5.24. The molecule has 0 fully saturated rings. The summed E-state index contributed by atoms with van der Waals surface area (Å²) in [5, 5.41) is 8.68. The average Bonchev–Trinajstić information content (AvgIpc) is 2.69. The summed E-state index contributed by atoms with van der Waals surface area (Å²) < 4.78 is 1.69. The van der Waals surface area contributed by atoms with Crippen molar-refractivity contribution >= 4 is 23.5 Å². The Bertz CT molecular complexity index is 352. The molecular weight excluding hydrogens is 232 g/mol. The molecule has 1 aromatic heterocycles. The molecule has 1 rings (SSSR count). The van der Waals surface area contributed by atoms with Crippen LogP contribution in [0.5, 0.6) is 0 Å². The van der Waals surface area contributed by atoms with Crippen molar-refractivity contribution in [1.82, 2.24) is 20.4 Å². The lowest BCUT2D eigenvalue weighted by Crippen LogP contribution is -2.45. The number of halogens is 1. The number of urea groups is 1. The zero-order valence-corrected chi connectivity index (χ0v) is 9.57. The second-order valence-electron chi connectivity index (χ2n) is 3.28. The van der Waals surface area contributed by atoms with Gasteiger partial charge in [-0.1, -0.05) is 0 Å². The molecule has 0 bridgehead atoms. The predicted molar refractivity (Wildman–Crippen MR) is 59.1 cm³/mol. The molecule has 6 nitrogen and oxygen atoms in total. The number of amides is 3. The van der Waals surface area contributed by atoms with Crippen LogP contribution in [0.15, 0.2) is 18.5 Å². The summed E-state index contributed by atoms with van der Waals surface area (Å²) in [7, 11) is 0. The zero-order chi connectivity index (χ0) is 12.0. The fourth-order valence-corrected chi connectivity index (χ4v) is 1.22. The van der Waals surface area contributed by atoms with Crippen LogP contribution in [0.1, 0.15) is 6.92 Å². The standard InChI is InChI=1S/C9H13ClN4O2/c1-7(6-14-4-2-3-11-14)12-9(16)13-8(15)5-10/h2-4,7H,5-6H2,1H3,(H2,12,13,15,16). The van der Waals surface area contributed by atoms with Crippen molar-refractivity contribution in [3.63, 3.8) is 0 Å². The van der Waals surface area contributed by atoms with Crippen LogP contribution in [0.2, 0.25) is 0 Å². The number of nitrogens with one attached hydrogen (secondary N) is 2. The molecule has 0 aliphatic rings. The normalized spacial score (nSPS) is 11.9. The van der Waals surface area contributed by atoms with Crippen LogP contribution < -0.4 is 10.6 Å². The molecule has 1 atom stereocenters. The molecule has 3 amide bonds. The molecule has 0 spiro atoms. The van der Waals surface area contributed by atoms with Gasteiger partial charge in [-0.3, -0.25) is 14.8 Å². The van der Waals surface area contributed by atoms with Crippen molar-refractivity contribution < 1.29 is 9.59 Å². The van der Waals surface area contributed by atoms with Gasteiger partial charge in [0.1, 0.15) is 5.88 Å². The third kappa shape index (κ3) is 4.31. The molecule has 0 radical (unpaired) electrons. The summed E-state index contributed by atoms with van der Waals surface area (Å²) in [5.41, 5.74) is 0. The lowest BCUT2D eigenvalue weighted by molar-refractivity contribution is -0.117. The quantitative estimate of drug-likeness (QED) is 0.750. The third-order valence-electron chi connectivity index (χ3n) is 1.77. The summed E-state index contributed by atoms with van der Waals surface area (Å²) in [6, 6.07) is 1.11. The fourth-order valence-electron chi connectivity index (χ4n) is 1.15. The number of hydrogen-bond acceptors (Lipinski definition) is 3. The van der Waals surface area contributed by atoms with Crippen molar-refractivity contribution in [2.45, 2.75) is 19.5 Å². The van der Waals surface area contributed by atoms with Crippen LogP contribution >= 0.6 is 11.6 Å². The molecule has 0 saturated carbocycles. The van der Waals surface area contributed by atoms with E-state index in [0.717, 1.165) is 0 Å². The summed E-state index contributed by atoms with van der Waals surface area (Å²) in [5.74, 6) is -0.758. The van der Waals surface area contributed by atoms with Gasteiger partial charge in [0.2, 0.25) is 5.91 Å². The average molecular weight is 245 g/mol. The molecular formula is C9H13ClN4O2. The number of aromatic nitrogens is 2. The Hall–Kier alpha value is -1.56. The Kier molecular flexibility index (Phi) is 4.78. The highest BCUT2D eigenvalue weighted by molar-refractivity contribution is 6.28. The Labute approximate surface area is 98.0 Å². The van der Waals surface area contributed by atoms with Gasteiger partial charge in [-0.2, -0.15) is 5.10 Å². The van der Waals surface area contributed by atoms with E-state index in [-0.39, 0.29) is 11.9 Å². The van der Waals surface area contributed by atoms with E-state index in [1.165, 1.54) is 0 Å². The minimum atomic E-state index is -0.551. The first-order valence-corrected chi connectivity index (χ1v) is 5.29. The van der Waals surface area contributed by atoms with Gasteiger partial charge >= 0.3 is 6.03 Å². The number of carbonyl (C=O) groups excluding carboxylic acids is 2. The van der Waals surface area contributed by atoms with Crippen molar-refractivity contribution in [1.29, 1.82) is 0 Å². The van der Waals surface area contributed by atoms with E-state index < -0.39 is 11.9 Å². The molecule has 16 heavy (non-hydrogen) atoms. The number of imide groups is 1. The lowest BCUT2D eigenvalue weighted by Gasteiger charge is -2.13. The lowest BCUT2D eigenvalue weighted by atomic mass is 10.3. The van der Waals surface area contributed by atoms with Crippen LogP contribution in [-0.2, 0) is 11.3 Å². The van der Waals surface area contributed by atoms with Crippen molar-refractivity contribution in [2.24, 2.45) is 0 Å². The topological polar surface area (TPSA) is 76.0 Å². The molecule has 0 saturated heterocycles. The Morgan fingerprint density at radius 1 is 1.56 bits per heavy atom. The van der Waals surface area contributed by atoms with Crippen molar-refractivity contribution in [3.8, 4) is 0 Å². The third-order valence-corrected chi connectivity index (χ3v) is 2.01. The maximum absolute atomic E-state index is 11.2. The smallest absolute Gasteiger partial charge is 0.321 e. The van der Waals surface area contributed by atoms with Crippen molar-refractivity contribution in [3.05, 3.63) is 18.5 Å². The van der Waals surface area contributed by atoms with Gasteiger partial charge in [0.15, 0.2) is 0 Å². The molecule has 88 valence electrons. The number of carbonyl (C=O) groups is 2. The summed E-state index contributed by atoms with van der Waals surface area (Å²) in [6.45, 7) is 2.35. The van der Waals surface area contributed by atoms with E-state index in [1.54, 1.807) is 23.1 Å². The number of hydrogen-bond donors (Lipinski definition) is 2. The van der Waals surface area contributed by atoms with Gasteiger partial charge in [0.05, 0.1) is 6.54 Å². The van der Waals surface area contributed by atoms with Crippen LogP contribution in [0.25, 0.3) is 0 Å².